The van der Waals surface area contributed by atoms with Crippen molar-refractivity contribution in [2.24, 2.45) is 0 Å². The van der Waals surface area contributed by atoms with Crippen LogP contribution < -0.4 is 11.5 Å². The number of anilines is 2. The van der Waals surface area contributed by atoms with Crippen molar-refractivity contribution in [3.63, 3.8) is 0 Å². The number of thioether (sulfide) groups is 1. The lowest BCUT2D eigenvalue weighted by atomic mass is 10.1. The van der Waals surface area contributed by atoms with E-state index in [0.29, 0.717) is 5.69 Å². The van der Waals surface area contributed by atoms with Gasteiger partial charge >= 0.3 is 0 Å². The van der Waals surface area contributed by atoms with Crippen LogP contribution in [0.5, 0.6) is 0 Å². The number of nitriles is 1. The van der Waals surface area contributed by atoms with E-state index in [0.717, 1.165) is 10.5 Å². The summed E-state index contributed by atoms with van der Waals surface area (Å²) in [6, 6.07) is 9.68. The molecule has 0 aliphatic heterocycles. The largest absolute Gasteiger partial charge is 0.382 e. The first-order valence-corrected chi connectivity index (χ1v) is 6.35. The van der Waals surface area contributed by atoms with Crippen LogP contribution in [0.25, 0.3) is 11.3 Å². The summed E-state index contributed by atoms with van der Waals surface area (Å²) in [6.45, 7) is 0. The molecule has 1 aromatic heterocycles. The van der Waals surface area contributed by atoms with E-state index in [1.807, 2.05) is 36.6 Å². The van der Waals surface area contributed by atoms with Crippen LogP contribution in [0.1, 0.15) is 5.56 Å². The van der Waals surface area contributed by atoms with E-state index in [1.165, 1.54) is 0 Å². The van der Waals surface area contributed by atoms with Crippen LogP contribution in [0.3, 0.4) is 0 Å². The van der Waals surface area contributed by atoms with Gasteiger partial charge in [0.2, 0.25) is 5.95 Å². The third kappa shape index (κ3) is 2.21. The summed E-state index contributed by atoms with van der Waals surface area (Å²) in [4.78, 5) is 9.00. The Labute approximate surface area is 109 Å². The molecule has 0 spiro atoms. The first-order valence-electron chi connectivity index (χ1n) is 5.13. The normalized spacial score (nSPS) is 10.0. The Kier molecular flexibility index (Phi) is 3.35. The summed E-state index contributed by atoms with van der Waals surface area (Å²) >= 11 is 1.64. The minimum atomic E-state index is 0.0652. The van der Waals surface area contributed by atoms with Crippen LogP contribution in [0.4, 0.5) is 11.8 Å². The van der Waals surface area contributed by atoms with Gasteiger partial charge in [0.1, 0.15) is 17.5 Å². The van der Waals surface area contributed by atoms with Gasteiger partial charge in [-0.15, -0.1) is 11.8 Å². The van der Waals surface area contributed by atoms with E-state index in [4.69, 9.17) is 16.7 Å². The van der Waals surface area contributed by atoms with Crippen LogP contribution in [-0.2, 0) is 0 Å². The number of benzene rings is 1. The lowest BCUT2D eigenvalue weighted by Gasteiger charge is -2.07. The minimum Gasteiger partial charge on any atom is -0.382 e. The van der Waals surface area contributed by atoms with E-state index >= 15 is 0 Å². The van der Waals surface area contributed by atoms with E-state index in [1.54, 1.807) is 11.8 Å². The molecule has 0 aliphatic rings. The third-order valence-electron chi connectivity index (χ3n) is 2.43. The summed E-state index contributed by atoms with van der Waals surface area (Å²) in [7, 11) is 0. The van der Waals surface area contributed by atoms with Gasteiger partial charge in [0.15, 0.2) is 0 Å². The van der Waals surface area contributed by atoms with Crippen molar-refractivity contribution in [3.8, 4) is 17.3 Å². The monoisotopic (exact) mass is 257 g/mol. The summed E-state index contributed by atoms with van der Waals surface area (Å²) < 4.78 is 0. The maximum atomic E-state index is 9.10. The number of nitrogens with zero attached hydrogens (tertiary/aromatic N) is 3. The third-order valence-corrected chi connectivity index (χ3v) is 3.17. The standard InChI is InChI=1S/C12H11N5S/c1-18-8-4-2-7(3-5-8)10-9(6-13)11(14)17-12(15)16-10/h2-5H,1H3,(H4,14,15,16,17). The van der Waals surface area contributed by atoms with Gasteiger partial charge in [-0.1, -0.05) is 12.1 Å². The maximum absolute atomic E-state index is 9.10. The van der Waals surface area contributed by atoms with Crippen molar-refractivity contribution in [2.45, 2.75) is 4.90 Å². The lowest BCUT2D eigenvalue weighted by Crippen LogP contribution is -2.04. The van der Waals surface area contributed by atoms with Crippen LogP contribution in [0.2, 0.25) is 0 Å². The van der Waals surface area contributed by atoms with Gasteiger partial charge in [-0.3, -0.25) is 0 Å². The summed E-state index contributed by atoms with van der Waals surface area (Å²) in [5, 5.41) is 9.10. The van der Waals surface area contributed by atoms with Gasteiger partial charge in [-0.05, 0) is 18.4 Å². The molecule has 18 heavy (non-hydrogen) atoms. The fourth-order valence-corrected chi connectivity index (χ4v) is 1.97. The smallest absolute Gasteiger partial charge is 0.222 e. The number of hydrogen-bond donors (Lipinski definition) is 2. The second kappa shape index (κ2) is 4.94. The van der Waals surface area contributed by atoms with Crippen molar-refractivity contribution in [3.05, 3.63) is 29.8 Å². The SMILES string of the molecule is CSc1ccc(-c2nc(N)nc(N)c2C#N)cc1. The molecule has 1 heterocycles. The van der Waals surface area contributed by atoms with Crippen molar-refractivity contribution < 1.29 is 0 Å². The zero-order valence-electron chi connectivity index (χ0n) is 9.71. The second-order valence-corrected chi connectivity index (χ2v) is 4.41. The summed E-state index contributed by atoms with van der Waals surface area (Å²) in [6.07, 6.45) is 2.00. The van der Waals surface area contributed by atoms with Gasteiger partial charge in [-0.2, -0.15) is 10.2 Å². The first-order chi connectivity index (χ1) is 8.65. The quantitative estimate of drug-likeness (QED) is 0.797. The molecular weight excluding hydrogens is 246 g/mol. The predicted molar refractivity (Wildman–Crippen MR) is 72.8 cm³/mol. The Morgan fingerprint density at radius 1 is 1.17 bits per heavy atom. The molecule has 6 heteroatoms. The minimum absolute atomic E-state index is 0.0652. The Bertz CT molecular complexity index is 616. The molecule has 0 aliphatic carbocycles. The first kappa shape index (κ1) is 12.2. The molecule has 2 rings (SSSR count). The molecule has 0 radical (unpaired) electrons. The van der Waals surface area contributed by atoms with Gasteiger partial charge in [0, 0.05) is 10.5 Å². The molecule has 0 atom stereocenters. The van der Waals surface area contributed by atoms with Crippen molar-refractivity contribution in [1.82, 2.24) is 9.97 Å². The Balaban J connectivity index is 2.59. The fraction of sp³-hybridized carbons (Fsp3) is 0.0833. The molecule has 0 saturated carbocycles. The highest BCUT2D eigenvalue weighted by atomic mass is 32.2. The molecule has 0 unspecified atom stereocenters. The molecule has 5 nitrogen and oxygen atoms in total. The Morgan fingerprint density at radius 3 is 2.39 bits per heavy atom. The van der Waals surface area contributed by atoms with Crippen molar-refractivity contribution in [2.75, 3.05) is 17.7 Å². The highest BCUT2D eigenvalue weighted by Crippen LogP contribution is 2.26. The van der Waals surface area contributed by atoms with Crippen LogP contribution in [0.15, 0.2) is 29.2 Å². The highest BCUT2D eigenvalue weighted by Gasteiger charge is 2.12. The number of hydrogen-bond acceptors (Lipinski definition) is 6. The maximum Gasteiger partial charge on any atom is 0.222 e. The topological polar surface area (TPSA) is 102 Å². The Hall–Kier alpha value is -2.26. The van der Waals surface area contributed by atoms with E-state index < -0.39 is 0 Å². The molecule has 4 N–H and O–H groups in total. The van der Waals surface area contributed by atoms with E-state index in [2.05, 4.69) is 9.97 Å². The molecule has 0 amide bonds. The zero-order valence-corrected chi connectivity index (χ0v) is 10.5. The zero-order chi connectivity index (χ0) is 13.1. The average Bonchev–Trinajstić information content (AvgIpc) is 2.38. The number of nitrogen functional groups attached to an aromatic ring is 2. The molecule has 1 aromatic carbocycles. The van der Waals surface area contributed by atoms with Crippen molar-refractivity contribution in [1.29, 1.82) is 5.26 Å². The van der Waals surface area contributed by atoms with E-state index in [9.17, 15) is 0 Å². The van der Waals surface area contributed by atoms with Gasteiger partial charge in [-0.25, -0.2) is 4.98 Å². The van der Waals surface area contributed by atoms with Crippen LogP contribution >= 0.6 is 11.8 Å². The molecular formula is C12H11N5S. The molecule has 90 valence electrons. The summed E-state index contributed by atoms with van der Waals surface area (Å²) in [5.41, 5.74) is 12.7. The van der Waals surface area contributed by atoms with Crippen LogP contribution in [0, 0.1) is 11.3 Å². The molecule has 0 saturated heterocycles. The average molecular weight is 257 g/mol. The molecule has 0 fully saturated rings. The number of aromatic nitrogens is 2. The van der Waals surface area contributed by atoms with Crippen LogP contribution in [-0.4, -0.2) is 16.2 Å². The number of rotatable bonds is 2. The Morgan fingerprint density at radius 2 is 1.83 bits per heavy atom. The van der Waals surface area contributed by atoms with E-state index in [-0.39, 0.29) is 17.3 Å². The predicted octanol–water partition coefficient (Wildman–Crippen LogP) is 1.90. The highest BCUT2D eigenvalue weighted by molar-refractivity contribution is 7.98. The lowest BCUT2D eigenvalue weighted by molar-refractivity contribution is 1.18. The summed E-state index contributed by atoms with van der Waals surface area (Å²) in [5.74, 6) is 0.171. The van der Waals surface area contributed by atoms with Crippen molar-refractivity contribution >= 4 is 23.5 Å². The molecule has 2 aromatic rings. The number of nitrogens with two attached hydrogens (primary N) is 2. The molecule has 0 bridgehead atoms. The van der Waals surface area contributed by atoms with Gasteiger partial charge < -0.3 is 11.5 Å². The van der Waals surface area contributed by atoms with Gasteiger partial charge in [0.05, 0.1) is 5.69 Å². The fourth-order valence-electron chi connectivity index (χ4n) is 1.56. The van der Waals surface area contributed by atoms with Gasteiger partial charge in [0.25, 0.3) is 0 Å². The second-order valence-electron chi connectivity index (χ2n) is 3.53.